The maximum absolute atomic E-state index is 13.6. The minimum absolute atomic E-state index is 0.0908. The van der Waals surface area contributed by atoms with Gasteiger partial charge in [0.05, 0.1) is 7.11 Å². The second kappa shape index (κ2) is 6.88. The predicted molar refractivity (Wildman–Crippen MR) is 82.3 cm³/mol. The third-order valence-corrected chi connectivity index (χ3v) is 3.21. The lowest BCUT2D eigenvalue weighted by Gasteiger charge is -2.03. The van der Waals surface area contributed by atoms with Crippen LogP contribution in [-0.2, 0) is 0 Å². The first kappa shape index (κ1) is 15.7. The lowest BCUT2D eigenvalue weighted by atomic mass is 10.0. The summed E-state index contributed by atoms with van der Waals surface area (Å²) >= 11 is 5.76. The SMILES string of the molecule is COc1ccc(/C=C(\C#N)C(=O)c2ccc(Cl)cc2)cc1F. The monoisotopic (exact) mass is 315 g/mol. The van der Waals surface area contributed by atoms with Gasteiger partial charge in [0, 0.05) is 10.6 Å². The van der Waals surface area contributed by atoms with E-state index in [9.17, 15) is 9.18 Å². The average molecular weight is 316 g/mol. The first-order chi connectivity index (χ1) is 10.5. The van der Waals surface area contributed by atoms with Gasteiger partial charge in [-0.25, -0.2) is 4.39 Å². The predicted octanol–water partition coefficient (Wildman–Crippen LogP) is 4.28. The topological polar surface area (TPSA) is 50.1 Å². The maximum Gasteiger partial charge on any atom is 0.203 e. The summed E-state index contributed by atoms with van der Waals surface area (Å²) in [4.78, 5) is 12.2. The van der Waals surface area contributed by atoms with Gasteiger partial charge in [-0.2, -0.15) is 5.26 Å². The van der Waals surface area contributed by atoms with Gasteiger partial charge in [0.2, 0.25) is 5.78 Å². The number of nitrogens with zero attached hydrogens (tertiary/aromatic N) is 1. The van der Waals surface area contributed by atoms with E-state index < -0.39 is 11.6 Å². The molecule has 0 radical (unpaired) electrons. The van der Waals surface area contributed by atoms with E-state index in [1.54, 1.807) is 18.2 Å². The lowest BCUT2D eigenvalue weighted by molar-refractivity contribution is 0.104. The minimum atomic E-state index is -0.563. The second-order valence-corrected chi connectivity index (χ2v) is 4.84. The van der Waals surface area contributed by atoms with Gasteiger partial charge in [0.15, 0.2) is 11.6 Å². The Morgan fingerprint density at radius 2 is 1.95 bits per heavy atom. The van der Waals surface area contributed by atoms with Crippen molar-refractivity contribution in [3.8, 4) is 11.8 Å². The number of ether oxygens (including phenoxy) is 1. The second-order valence-electron chi connectivity index (χ2n) is 4.40. The Bertz CT molecular complexity index is 776. The number of Topliss-reactive ketones (excluding diaryl/α,β-unsaturated/α-hetero) is 1. The smallest absolute Gasteiger partial charge is 0.203 e. The number of ketones is 1. The van der Waals surface area contributed by atoms with Crippen molar-refractivity contribution in [2.45, 2.75) is 0 Å². The summed E-state index contributed by atoms with van der Waals surface area (Å²) in [5.41, 5.74) is 0.648. The van der Waals surface area contributed by atoms with Gasteiger partial charge in [-0.05, 0) is 48.0 Å². The molecule has 0 saturated carbocycles. The molecule has 0 heterocycles. The molecular weight excluding hydrogens is 305 g/mol. The van der Waals surface area contributed by atoms with Crippen molar-refractivity contribution < 1.29 is 13.9 Å². The number of rotatable bonds is 4. The number of nitriles is 1. The van der Waals surface area contributed by atoms with Crippen LogP contribution in [0.5, 0.6) is 5.75 Å². The van der Waals surface area contributed by atoms with Crippen molar-refractivity contribution >= 4 is 23.5 Å². The fraction of sp³-hybridized carbons (Fsp3) is 0.0588. The van der Waals surface area contributed by atoms with Crippen molar-refractivity contribution in [2.75, 3.05) is 7.11 Å². The molecule has 0 aromatic heterocycles. The fourth-order valence-corrected chi connectivity index (χ4v) is 1.97. The molecule has 0 saturated heterocycles. The molecule has 0 amide bonds. The third kappa shape index (κ3) is 3.51. The van der Waals surface area contributed by atoms with Crippen LogP contribution in [-0.4, -0.2) is 12.9 Å². The molecule has 0 atom stereocenters. The summed E-state index contributed by atoms with van der Waals surface area (Å²) in [7, 11) is 1.36. The van der Waals surface area contributed by atoms with Gasteiger partial charge < -0.3 is 4.74 Å². The first-order valence-corrected chi connectivity index (χ1v) is 6.68. The van der Waals surface area contributed by atoms with E-state index in [0.717, 1.165) is 0 Å². The van der Waals surface area contributed by atoms with Crippen LogP contribution in [0.1, 0.15) is 15.9 Å². The molecule has 3 nitrogen and oxygen atoms in total. The average Bonchev–Trinajstić information content (AvgIpc) is 2.53. The number of benzene rings is 2. The van der Waals surface area contributed by atoms with Crippen LogP contribution >= 0.6 is 11.6 Å². The van der Waals surface area contributed by atoms with E-state index >= 15 is 0 Å². The summed E-state index contributed by atoms with van der Waals surface area (Å²) in [5.74, 6) is -0.914. The van der Waals surface area contributed by atoms with Crippen LogP contribution in [0.15, 0.2) is 48.0 Å². The van der Waals surface area contributed by atoms with Gasteiger partial charge >= 0.3 is 0 Å². The van der Waals surface area contributed by atoms with Crippen molar-refractivity contribution in [1.29, 1.82) is 5.26 Å². The van der Waals surface area contributed by atoms with E-state index in [1.165, 1.54) is 37.5 Å². The van der Waals surface area contributed by atoms with Crippen molar-refractivity contribution in [1.82, 2.24) is 0 Å². The minimum Gasteiger partial charge on any atom is -0.494 e. The highest BCUT2D eigenvalue weighted by atomic mass is 35.5. The standard InChI is InChI=1S/C17H11ClFNO2/c1-22-16-7-2-11(9-15(16)19)8-13(10-20)17(21)12-3-5-14(18)6-4-12/h2-9H,1H3/b13-8+. The number of hydrogen-bond donors (Lipinski definition) is 0. The zero-order valence-electron chi connectivity index (χ0n) is 11.6. The summed E-state index contributed by atoms with van der Waals surface area (Å²) in [6, 6.07) is 12.2. The summed E-state index contributed by atoms with van der Waals surface area (Å²) < 4.78 is 18.5. The van der Waals surface area contributed by atoms with Crippen molar-refractivity contribution in [3.63, 3.8) is 0 Å². The molecule has 0 fully saturated rings. The molecule has 0 aliphatic rings. The zero-order chi connectivity index (χ0) is 16.1. The molecule has 2 aromatic carbocycles. The van der Waals surface area contributed by atoms with E-state index in [-0.39, 0.29) is 11.3 Å². The Morgan fingerprint density at radius 1 is 1.27 bits per heavy atom. The van der Waals surface area contributed by atoms with Gasteiger partial charge in [-0.3, -0.25) is 4.79 Å². The van der Waals surface area contributed by atoms with Crippen LogP contribution in [0.3, 0.4) is 0 Å². The largest absolute Gasteiger partial charge is 0.494 e. The van der Waals surface area contributed by atoms with Crippen LogP contribution in [0.4, 0.5) is 4.39 Å². The van der Waals surface area contributed by atoms with E-state index in [1.807, 2.05) is 6.07 Å². The quantitative estimate of drug-likeness (QED) is 0.481. The normalized spacial score (nSPS) is 10.9. The molecule has 22 heavy (non-hydrogen) atoms. The number of halogens is 2. The highest BCUT2D eigenvalue weighted by Gasteiger charge is 2.12. The summed E-state index contributed by atoms with van der Waals surface area (Å²) in [5, 5.41) is 9.66. The fourth-order valence-electron chi connectivity index (χ4n) is 1.84. The Kier molecular flexibility index (Phi) is 4.92. The van der Waals surface area contributed by atoms with E-state index in [4.69, 9.17) is 21.6 Å². The lowest BCUT2D eigenvalue weighted by Crippen LogP contribution is -2.01. The Balaban J connectivity index is 2.35. The number of allylic oxidation sites excluding steroid dienone is 1. The van der Waals surface area contributed by atoms with Gasteiger partial charge in [-0.1, -0.05) is 17.7 Å². The van der Waals surface area contributed by atoms with Gasteiger partial charge in [0.1, 0.15) is 11.6 Å². The molecule has 0 bridgehead atoms. The van der Waals surface area contributed by atoms with Crippen LogP contribution in [0.25, 0.3) is 6.08 Å². The molecule has 110 valence electrons. The van der Waals surface area contributed by atoms with Crippen LogP contribution in [0.2, 0.25) is 5.02 Å². The third-order valence-electron chi connectivity index (χ3n) is 2.96. The highest BCUT2D eigenvalue weighted by Crippen LogP contribution is 2.20. The Morgan fingerprint density at radius 3 is 2.50 bits per heavy atom. The number of carbonyl (C=O) groups is 1. The Labute approximate surface area is 132 Å². The number of carbonyl (C=O) groups excluding carboxylic acids is 1. The maximum atomic E-state index is 13.6. The zero-order valence-corrected chi connectivity index (χ0v) is 12.4. The highest BCUT2D eigenvalue weighted by molar-refractivity contribution is 6.30. The van der Waals surface area contributed by atoms with E-state index in [0.29, 0.717) is 16.1 Å². The Hall–Kier alpha value is -2.64. The molecular formula is C17H11ClFNO2. The molecule has 0 aliphatic heterocycles. The number of hydrogen-bond acceptors (Lipinski definition) is 3. The molecule has 0 unspecified atom stereocenters. The molecule has 5 heteroatoms. The van der Waals surface area contributed by atoms with Crippen LogP contribution < -0.4 is 4.74 Å². The summed E-state index contributed by atoms with van der Waals surface area (Å²) in [6.45, 7) is 0. The molecule has 0 aliphatic carbocycles. The van der Waals surface area contributed by atoms with Crippen molar-refractivity contribution in [3.05, 3.63) is 70.0 Å². The van der Waals surface area contributed by atoms with Crippen molar-refractivity contribution in [2.24, 2.45) is 0 Å². The molecule has 2 rings (SSSR count). The number of methoxy groups -OCH3 is 1. The molecule has 2 aromatic rings. The van der Waals surface area contributed by atoms with Crippen LogP contribution in [0, 0.1) is 17.1 Å². The molecule has 0 N–H and O–H groups in total. The van der Waals surface area contributed by atoms with Gasteiger partial charge in [-0.15, -0.1) is 0 Å². The molecule has 0 spiro atoms. The van der Waals surface area contributed by atoms with Gasteiger partial charge in [0.25, 0.3) is 0 Å². The first-order valence-electron chi connectivity index (χ1n) is 6.30. The van der Waals surface area contributed by atoms with E-state index in [2.05, 4.69) is 0 Å². The summed E-state index contributed by atoms with van der Waals surface area (Å²) in [6.07, 6.45) is 1.33.